The van der Waals surface area contributed by atoms with Crippen LogP contribution in [-0.4, -0.2) is 18.4 Å². The molecule has 0 saturated heterocycles. The molecule has 0 spiro atoms. The Balaban J connectivity index is 1.85. The highest BCUT2D eigenvalue weighted by Crippen LogP contribution is 2.47. The fourth-order valence-electron chi connectivity index (χ4n) is 4.20. The van der Waals surface area contributed by atoms with Crippen molar-refractivity contribution in [2.75, 3.05) is 4.90 Å². The van der Waals surface area contributed by atoms with Crippen molar-refractivity contribution in [2.24, 2.45) is 0 Å². The average molecular weight is 377 g/mol. The Morgan fingerprint density at radius 2 is 1.44 bits per heavy atom. The zero-order valence-electron chi connectivity index (χ0n) is 15.0. The topological polar surface area (TPSA) is 63.2 Å². The first-order valence-electron chi connectivity index (χ1n) is 9.15. The van der Waals surface area contributed by atoms with Crippen LogP contribution >= 0.6 is 0 Å². The van der Waals surface area contributed by atoms with E-state index in [1.165, 1.54) is 23.1 Å². The Morgan fingerprint density at radius 3 is 2.07 bits per heavy atom. The lowest BCUT2D eigenvalue weighted by Crippen LogP contribution is -2.26. The molecule has 1 aromatic carbocycles. The molecule has 136 valence electrons. The molecule has 3 heterocycles. The first-order chi connectivity index (χ1) is 13.1. The minimum Gasteiger partial charge on any atom is -0.277 e. The van der Waals surface area contributed by atoms with Gasteiger partial charge in [-0.05, 0) is 79.6 Å². The van der Waals surface area contributed by atoms with Crippen molar-refractivity contribution < 1.29 is 8.42 Å². The summed E-state index contributed by atoms with van der Waals surface area (Å²) in [5.41, 5.74) is 4.95. The van der Waals surface area contributed by atoms with Crippen LogP contribution in [-0.2, 0) is 22.7 Å². The van der Waals surface area contributed by atoms with Crippen molar-refractivity contribution in [2.45, 2.75) is 42.4 Å². The third kappa shape index (κ3) is 2.33. The maximum Gasteiger partial charge on any atom is 0.213 e. The average Bonchev–Trinajstić information content (AvgIpc) is 2.70. The number of nitrogens with zero attached hydrogens (tertiary/aromatic N) is 3. The summed E-state index contributed by atoms with van der Waals surface area (Å²) < 4.78 is 26.2. The molecule has 5 nitrogen and oxygen atoms in total. The SMILES string of the molecule is Cc1ccc(N2c3ncccc3S(=O)(=O)c3cccnc32)c2c1CCCC2. The van der Waals surface area contributed by atoms with E-state index < -0.39 is 9.84 Å². The van der Waals surface area contributed by atoms with Crippen molar-refractivity contribution in [1.82, 2.24) is 9.97 Å². The largest absolute Gasteiger partial charge is 0.277 e. The van der Waals surface area contributed by atoms with E-state index in [9.17, 15) is 8.42 Å². The second-order valence-electron chi connectivity index (χ2n) is 7.05. The zero-order valence-corrected chi connectivity index (χ0v) is 15.8. The van der Waals surface area contributed by atoms with Crippen molar-refractivity contribution in [3.63, 3.8) is 0 Å². The van der Waals surface area contributed by atoms with E-state index >= 15 is 0 Å². The van der Waals surface area contributed by atoms with Gasteiger partial charge in [-0.3, -0.25) is 4.90 Å². The van der Waals surface area contributed by atoms with Crippen LogP contribution in [0.4, 0.5) is 17.3 Å². The number of benzene rings is 1. The number of pyridine rings is 2. The third-order valence-corrected chi connectivity index (χ3v) is 7.28. The van der Waals surface area contributed by atoms with Gasteiger partial charge in [0.15, 0.2) is 11.6 Å². The maximum absolute atomic E-state index is 13.1. The third-order valence-electron chi connectivity index (χ3n) is 5.49. The van der Waals surface area contributed by atoms with Crippen molar-refractivity contribution >= 4 is 27.2 Å². The number of sulfone groups is 1. The Morgan fingerprint density at radius 1 is 0.852 bits per heavy atom. The Bertz CT molecular complexity index is 1120. The molecule has 0 atom stereocenters. The summed E-state index contributed by atoms with van der Waals surface area (Å²) >= 11 is 0. The lowest BCUT2D eigenvalue weighted by Gasteiger charge is -2.33. The molecule has 3 aromatic rings. The van der Waals surface area contributed by atoms with Crippen LogP contribution in [0.3, 0.4) is 0 Å². The fraction of sp³-hybridized carbons (Fsp3) is 0.238. The molecule has 1 aliphatic carbocycles. The van der Waals surface area contributed by atoms with Gasteiger partial charge in [-0.15, -0.1) is 0 Å². The fourth-order valence-corrected chi connectivity index (χ4v) is 5.73. The molecule has 0 saturated carbocycles. The van der Waals surface area contributed by atoms with Crippen LogP contribution < -0.4 is 4.90 Å². The molecule has 0 amide bonds. The standard InChI is InChI=1S/C21H19N3O2S/c1-14-10-11-17(16-7-3-2-6-15(14)16)24-20-18(8-4-12-22-20)27(25,26)19-9-5-13-23-21(19)24/h4-5,8-13H,2-3,6-7H2,1H3. The van der Waals surface area contributed by atoms with Gasteiger partial charge in [0.1, 0.15) is 9.79 Å². The van der Waals surface area contributed by atoms with E-state index in [0.717, 1.165) is 24.9 Å². The van der Waals surface area contributed by atoms with Gasteiger partial charge in [0.2, 0.25) is 9.84 Å². The van der Waals surface area contributed by atoms with E-state index in [-0.39, 0.29) is 9.79 Å². The quantitative estimate of drug-likeness (QED) is 0.495. The smallest absolute Gasteiger partial charge is 0.213 e. The minimum atomic E-state index is -3.64. The molecule has 0 bridgehead atoms. The summed E-state index contributed by atoms with van der Waals surface area (Å²) in [7, 11) is -3.64. The molecule has 0 unspecified atom stereocenters. The highest BCUT2D eigenvalue weighted by molar-refractivity contribution is 7.92. The highest BCUT2D eigenvalue weighted by Gasteiger charge is 2.37. The molecular weight excluding hydrogens is 358 g/mol. The summed E-state index contributed by atoms with van der Waals surface area (Å²) in [5, 5.41) is 0. The monoisotopic (exact) mass is 377 g/mol. The Hall–Kier alpha value is -2.73. The van der Waals surface area contributed by atoms with Crippen molar-refractivity contribution in [3.05, 3.63) is 65.5 Å². The van der Waals surface area contributed by atoms with E-state index in [1.807, 2.05) is 4.90 Å². The molecule has 1 aliphatic heterocycles. The molecule has 5 rings (SSSR count). The van der Waals surface area contributed by atoms with Crippen molar-refractivity contribution in [1.29, 1.82) is 0 Å². The number of rotatable bonds is 1. The van der Waals surface area contributed by atoms with Gasteiger partial charge in [0.05, 0.1) is 5.69 Å². The first-order valence-corrected chi connectivity index (χ1v) is 10.6. The van der Waals surface area contributed by atoms with Gasteiger partial charge in [-0.25, -0.2) is 18.4 Å². The molecular formula is C21H19N3O2S. The highest BCUT2D eigenvalue weighted by atomic mass is 32.2. The van der Waals surface area contributed by atoms with E-state index in [0.29, 0.717) is 11.6 Å². The lowest BCUT2D eigenvalue weighted by atomic mass is 9.87. The van der Waals surface area contributed by atoms with Gasteiger partial charge in [-0.1, -0.05) is 6.07 Å². The Labute approximate surface area is 158 Å². The van der Waals surface area contributed by atoms with Crippen LogP contribution in [0.2, 0.25) is 0 Å². The summed E-state index contributed by atoms with van der Waals surface area (Å²) in [6.45, 7) is 2.15. The van der Waals surface area contributed by atoms with E-state index in [4.69, 9.17) is 0 Å². The van der Waals surface area contributed by atoms with Crippen LogP contribution in [0.25, 0.3) is 0 Å². The summed E-state index contributed by atoms with van der Waals surface area (Å²) in [4.78, 5) is 11.3. The number of fused-ring (bicyclic) bond motifs is 3. The summed E-state index contributed by atoms with van der Waals surface area (Å²) in [6, 6.07) is 10.8. The second kappa shape index (κ2) is 5.89. The second-order valence-corrected chi connectivity index (χ2v) is 8.94. The predicted molar refractivity (Wildman–Crippen MR) is 104 cm³/mol. The summed E-state index contributed by atoms with van der Waals surface area (Å²) in [5.74, 6) is 0.862. The minimum absolute atomic E-state index is 0.232. The normalized spacial score (nSPS) is 17.0. The molecule has 0 radical (unpaired) electrons. The van der Waals surface area contributed by atoms with Crippen molar-refractivity contribution in [3.8, 4) is 0 Å². The number of hydrogen-bond acceptors (Lipinski definition) is 5. The molecule has 0 N–H and O–H groups in total. The molecule has 2 aromatic heterocycles. The van der Waals surface area contributed by atoms with E-state index in [2.05, 4.69) is 29.0 Å². The van der Waals surface area contributed by atoms with Crippen LogP contribution in [0.15, 0.2) is 58.6 Å². The van der Waals surface area contributed by atoms with Crippen LogP contribution in [0.5, 0.6) is 0 Å². The molecule has 0 fully saturated rings. The zero-order chi connectivity index (χ0) is 18.6. The van der Waals surface area contributed by atoms with Gasteiger partial charge in [-0.2, -0.15) is 0 Å². The maximum atomic E-state index is 13.1. The Kier molecular flexibility index (Phi) is 3.59. The molecule has 2 aliphatic rings. The van der Waals surface area contributed by atoms with Gasteiger partial charge < -0.3 is 0 Å². The number of aryl methyl sites for hydroxylation is 1. The first kappa shape index (κ1) is 16.4. The van der Waals surface area contributed by atoms with E-state index in [1.54, 1.807) is 36.7 Å². The number of anilines is 3. The number of hydrogen-bond donors (Lipinski definition) is 0. The van der Waals surface area contributed by atoms with Crippen LogP contribution in [0, 0.1) is 6.92 Å². The lowest BCUT2D eigenvalue weighted by molar-refractivity contribution is 0.593. The van der Waals surface area contributed by atoms with Gasteiger partial charge >= 0.3 is 0 Å². The van der Waals surface area contributed by atoms with Gasteiger partial charge in [0.25, 0.3) is 0 Å². The van der Waals surface area contributed by atoms with Gasteiger partial charge in [0, 0.05) is 12.4 Å². The number of aromatic nitrogens is 2. The molecule has 6 heteroatoms. The summed E-state index contributed by atoms with van der Waals surface area (Å²) in [6.07, 6.45) is 7.65. The van der Waals surface area contributed by atoms with Crippen LogP contribution in [0.1, 0.15) is 29.5 Å². The molecule has 27 heavy (non-hydrogen) atoms. The predicted octanol–water partition coefficient (Wildman–Crippen LogP) is 4.28.